The van der Waals surface area contributed by atoms with E-state index in [0.29, 0.717) is 54.1 Å². The number of anilines is 2. The van der Waals surface area contributed by atoms with Crippen molar-refractivity contribution in [3.8, 4) is 11.5 Å². The van der Waals surface area contributed by atoms with Crippen molar-refractivity contribution in [2.75, 3.05) is 31.0 Å². The molecule has 1 N–H and O–H groups in total. The van der Waals surface area contributed by atoms with Gasteiger partial charge in [0.15, 0.2) is 0 Å². The van der Waals surface area contributed by atoms with Crippen molar-refractivity contribution in [1.82, 2.24) is 4.90 Å². The van der Waals surface area contributed by atoms with Crippen LogP contribution in [0.2, 0.25) is 0 Å². The van der Waals surface area contributed by atoms with Gasteiger partial charge in [-0.15, -0.1) is 0 Å². The van der Waals surface area contributed by atoms with Crippen LogP contribution in [0, 0.1) is 5.82 Å². The molecule has 0 unspecified atom stereocenters. The molecule has 2 aliphatic rings. The monoisotopic (exact) mass is 573 g/mol. The summed E-state index contributed by atoms with van der Waals surface area (Å²) >= 11 is 0. The van der Waals surface area contributed by atoms with Gasteiger partial charge < -0.3 is 19.7 Å². The molecular weight excluding hydrogens is 541 g/mol. The molecule has 0 bridgehead atoms. The van der Waals surface area contributed by atoms with Crippen LogP contribution in [0.1, 0.15) is 48.0 Å². The topological polar surface area (TPSA) is 105 Å². The number of carbonyl (C=O) groups excluding carboxylic acids is 4. The van der Waals surface area contributed by atoms with E-state index in [1.807, 2.05) is 0 Å². The Morgan fingerprint density at radius 2 is 1.67 bits per heavy atom. The molecule has 3 aromatic carbocycles. The van der Waals surface area contributed by atoms with E-state index in [4.69, 9.17) is 9.47 Å². The summed E-state index contributed by atoms with van der Waals surface area (Å²) in [7, 11) is 3.01. The number of Topliss-reactive ketones (excluding diaryl/α,β-unsaturated/α-hetero) is 1. The first-order valence-corrected chi connectivity index (χ1v) is 13.8. The zero-order valence-electron chi connectivity index (χ0n) is 23.5. The van der Waals surface area contributed by atoms with E-state index in [2.05, 4.69) is 5.32 Å². The van der Waals surface area contributed by atoms with Gasteiger partial charge in [0.2, 0.25) is 11.8 Å². The Labute approximate surface area is 243 Å². The molecular formula is C32H32FN3O6. The maximum absolute atomic E-state index is 14.3. The highest BCUT2D eigenvalue weighted by molar-refractivity contribution is 6.52. The lowest BCUT2D eigenvalue weighted by Gasteiger charge is -2.45. The highest BCUT2D eigenvalue weighted by Gasteiger charge is 2.48. The average Bonchev–Trinajstić information content (AvgIpc) is 3.25. The molecule has 5 rings (SSSR count). The number of para-hydroxylation sites is 1. The predicted octanol–water partition coefficient (Wildman–Crippen LogP) is 4.74. The number of amides is 3. The van der Waals surface area contributed by atoms with Gasteiger partial charge in [0.1, 0.15) is 29.4 Å². The Hall–Kier alpha value is -4.73. The van der Waals surface area contributed by atoms with Crippen molar-refractivity contribution >= 4 is 34.9 Å². The summed E-state index contributed by atoms with van der Waals surface area (Å²) in [5.41, 5.74) is 0.344. The maximum atomic E-state index is 14.3. The quantitative estimate of drug-likeness (QED) is 0.371. The third-order valence-corrected chi connectivity index (χ3v) is 8.00. The summed E-state index contributed by atoms with van der Waals surface area (Å²) in [4.78, 5) is 56.7. The van der Waals surface area contributed by atoms with Crippen LogP contribution in [-0.4, -0.2) is 54.7 Å². The van der Waals surface area contributed by atoms with Gasteiger partial charge >= 0.3 is 0 Å². The van der Waals surface area contributed by atoms with Crippen LogP contribution >= 0.6 is 0 Å². The minimum atomic E-state index is -1.28. The fourth-order valence-corrected chi connectivity index (χ4v) is 5.77. The van der Waals surface area contributed by atoms with Gasteiger partial charge in [0.05, 0.1) is 31.2 Å². The summed E-state index contributed by atoms with van der Waals surface area (Å²) in [6.45, 7) is -0.423. The van der Waals surface area contributed by atoms with Crippen LogP contribution in [0.5, 0.6) is 11.5 Å². The minimum absolute atomic E-state index is 0.00387. The van der Waals surface area contributed by atoms with E-state index in [9.17, 15) is 23.6 Å². The second kappa shape index (κ2) is 12.0. The molecule has 1 heterocycles. The Bertz CT molecular complexity index is 1520. The highest BCUT2D eigenvalue weighted by Crippen LogP contribution is 2.39. The fourth-order valence-electron chi connectivity index (χ4n) is 5.77. The third kappa shape index (κ3) is 5.44. The Kier molecular flexibility index (Phi) is 8.24. The summed E-state index contributed by atoms with van der Waals surface area (Å²) in [6, 6.07) is 17.3. The number of nitrogens with one attached hydrogen (secondary N) is 1. The number of carbonyl (C=O) groups is 4. The number of ether oxygens (including phenoxy) is 2. The molecule has 0 saturated heterocycles. The van der Waals surface area contributed by atoms with Crippen LogP contribution < -0.4 is 19.7 Å². The lowest BCUT2D eigenvalue weighted by atomic mass is 9.78. The minimum Gasteiger partial charge on any atom is -0.497 e. The molecule has 0 atom stereocenters. The SMILES string of the molecule is COc1ccc(NC(=O)C2(N(Cc3ccc(F)cc3)C(=O)CN3C(=O)C(=O)c4ccccc43)CCCCC2)c(OC)c1. The van der Waals surface area contributed by atoms with Crippen LogP contribution in [0.25, 0.3) is 0 Å². The molecule has 1 saturated carbocycles. The predicted molar refractivity (Wildman–Crippen MR) is 154 cm³/mol. The average molecular weight is 574 g/mol. The molecule has 9 nitrogen and oxygen atoms in total. The van der Waals surface area contributed by atoms with E-state index in [0.717, 1.165) is 6.42 Å². The van der Waals surface area contributed by atoms with E-state index < -0.39 is 41.4 Å². The van der Waals surface area contributed by atoms with Gasteiger partial charge in [0.25, 0.3) is 11.7 Å². The second-order valence-electron chi connectivity index (χ2n) is 10.5. The normalized spacial score (nSPS) is 15.6. The first-order valence-electron chi connectivity index (χ1n) is 13.8. The molecule has 0 radical (unpaired) electrons. The van der Waals surface area contributed by atoms with E-state index in [1.54, 1.807) is 54.6 Å². The number of hydrogen-bond acceptors (Lipinski definition) is 6. The zero-order valence-corrected chi connectivity index (χ0v) is 23.5. The first kappa shape index (κ1) is 28.8. The Morgan fingerprint density at radius 1 is 0.952 bits per heavy atom. The van der Waals surface area contributed by atoms with Crippen LogP contribution in [0.15, 0.2) is 66.7 Å². The molecule has 0 aromatic heterocycles. The molecule has 1 fully saturated rings. The first-order chi connectivity index (χ1) is 20.3. The largest absolute Gasteiger partial charge is 0.497 e. The van der Waals surface area contributed by atoms with Crippen LogP contribution in [0.4, 0.5) is 15.8 Å². The summed E-state index contributed by atoms with van der Waals surface area (Å²) in [5.74, 6) is -1.86. The molecule has 1 aliphatic heterocycles. The standard InChI is InChI=1S/C32H32FN3O6/c1-41-23-14-15-25(27(18-23)42-2)34-31(40)32(16-6-3-7-17-32)36(19-21-10-12-22(33)13-11-21)28(37)20-35-26-9-5-4-8-24(26)29(38)30(35)39/h4-5,8-15,18H,3,6-7,16-17,19-20H2,1-2H3,(H,34,40). The van der Waals surface area contributed by atoms with E-state index in [1.165, 1.54) is 36.2 Å². The number of halogens is 1. The number of methoxy groups -OCH3 is 2. The molecule has 3 amide bonds. The molecule has 218 valence electrons. The van der Waals surface area contributed by atoms with Gasteiger partial charge in [0, 0.05) is 12.6 Å². The molecule has 3 aromatic rings. The van der Waals surface area contributed by atoms with E-state index in [-0.39, 0.29) is 12.1 Å². The molecule has 42 heavy (non-hydrogen) atoms. The number of benzene rings is 3. The van der Waals surface area contributed by atoms with Crippen molar-refractivity contribution in [1.29, 1.82) is 0 Å². The van der Waals surface area contributed by atoms with E-state index >= 15 is 0 Å². The fraction of sp³-hybridized carbons (Fsp3) is 0.312. The van der Waals surface area contributed by atoms with Gasteiger partial charge in [-0.25, -0.2) is 4.39 Å². The zero-order chi connectivity index (χ0) is 29.9. The maximum Gasteiger partial charge on any atom is 0.299 e. The number of rotatable bonds is 9. The molecule has 10 heteroatoms. The van der Waals surface area contributed by atoms with Gasteiger partial charge in [-0.05, 0) is 54.8 Å². The van der Waals surface area contributed by atoms with Gasteiger partial charge in [-0.1, -0.05) is 43.5 Å². The summed E-state index contributed by atoms with van der Waals surface area (Å²) in [5, 5.41) is 2.97. The van der Waals surface area contributed by atoms with Gasteiger partial charge in [-0.2, -0.15) is 0 Å². The van der Waals surface area contributed by atoms with Crippen LogP contribution in [-0.2, 0) is 20.9 Å². The number of hydrogen-bond donors (Lipinski definition) is 1. The number of fused-ring (bicyclic) bond motifs is 1. The molecule has 1 aliphatic carbocycles. The van der Waals surface area contributed by atoms with Crippen molar-refractivity contribution in [2.45, 2.75) is 44.2 Å². The summed E-state index contributed by atoms with van der Waals surface area (Å²) in [6.07, 6.45) is 3.06. The number of ketones is 1. The third-order valence-electron chi connectivity index (χ3n) is 8.00. The Morgan fingerprint density at radius 3 is 2.36 bits per heavy atom. The lowest BCUT2D eigenvalue weighted by molar-refractivity contribution is -0.148. The molecule has 0 spiro atoms. The van der Waals surface area contributed by atoms with Crippen molar-refractivity contribution in [2.24, 2.45) is 0 Å². The Balaban J connectivity index is 1.52. The van der Waals surface area contributed by atoms with Crippen molar-refractivity contribution < 1.29 is 33.0 Å². The second-order valence-corrected chi connectivity index (χ2v) is 10.5. The summed E-state index contributed by atoms with van der Waals surface area (Å²) < 4.78 is 24.5. The van der Waals surface area contributed by atoms with Crippen molar-refractivity contribution in [3.63, 3.8) is 0 Å². The smallest absolute Gasteiger partial charge is 0.299 e. The van der Waals surface area contributed by atoms with Gasteiger partial charge in [-0.3, -0.25) is 24.1 Å². The highest BCUT2D eigenvalue weighted by atomic mass is 19.1. The van der Waals surface area contributed by atoms with Crippen LogP contribution in [0.3, 0.4) is 0 Å². The number of nitrogens with zero attached hydrogens (tertiary/aromatic N) is 2. The van der Waals surface area contributed by atoms with Crippen molar-refractivity contribution in [3.05, 3.63) is 83.7 Å². The lowest BCUT2D eigenvalue weighted by Crippen LogP contribution is -2.61.